The van der Waals surface area contributed by atoms with E-state index in [9.17, 15) is 24.3 Å². The molecule has 0 spiro atoms. The molecule has 11 heteroatoms. The highest BCUT2D eigenvalue weighted by Crippen LogP contribution is 1.96. The number of nitrogens with one attached hydrogen (secondary N) is 2. The van der Waals surface area contributed by atoms with E-state index >= 15 is 0 Å². The first-order valence-electron chi connectivity index (χ1n) is 5.35. The van der Waals surface area contributed by atoms with Gasteiger partial charge in [0.2, 0.25) is 17.7 Å². The summed E-state index contributed by atoms with van der Waals surface area (Å²) in [6, 6.07) is -3.49. The van der Waals surface area contributed by atoms with Gasteiger partial charge in [-0.25, -0.2) is 4.79 Å². The van der Waals surface area contributed by atoms with E-state index in [4.69, 9.17) is 21.7 Å². The van der Waals surface area contributed by atoms with E-state index in [2.05, 4.69) is 0 Å². The van der Waals surface area contributed by atoms with Crippen LogP contribution in [0.3, 0.4) is 0 Å². The van der Waals surface area contributed by atoms with Crippen LogP contribution in [-0.4, -0.2) is 70.3 Å². The zero-order valence-corrected chi connectivity index (χ0v) is 10.3. The number of hydrogen-bond acceptors (Lipinski definition) is 7. The summed E-state index contributed by atoms with van der Waals surface area (Å²) < 4.78 is 0. The fraction of sp³-hybridized carbons (Fsp3) is 0.556. The molecule has 0 saturated carbocycles. The summed E-state index contributed by atoms with van der Waals surface area (Å²) >= 11 is 0. The molecule has 0 radical (unpaired) electrons. The van der Waals surface area contributed by atoms with Crippen LogP contribution in [-0.2, 0) is 19.2 Å². The van der Waals surface area contributed by atoms with Gasteiger partial charge in [-0.2, -0.15) is 0 Å². The van der Waals surface area contributed by atoms with Crippen LogP contribution in [0.1, 0.15) is 0 Å². The van der Waals surface area contributed by atoms with Gasteiger partial charge in [0.1, 0.15) is 12.1 Å². The predicted molar refractivity (Wildman–Crippen MR) is 62.8 cm³/mol. The Labute approximate surface area is 112 Å². The van der Waals surface area contributed by atoms with Gasteiger partial charge in [0, 0.05) is 0 Å². The van der Waals surface area contributed by atoms with Crippen molar-refractivity contribution in [2.75, 3.05) is 13.2 Å². The minimum Gasteiger partial charge on any atom is -0.480 e. The Kier molecular flexibility index (Phi) is 7.14. The number of hydrogen-bond donors (Lipinski definition) is 7. The number of amides is 3. The van der Waals surface area contributed by atoms with Gasteiger partial charge in [-0.3, -0.25) is 14.4 Å². The summed E-state index contributed by atoms with van der Waals surface area (Å²) in [5, 5.41) is 30.5. The van der Waals surface area contributed by atoms with Crippen LogP contribution >= 0.6 is 0 Å². The van der Waals surface area contributed by atoms with Gasteiger partial charge >= 0.3 is 5.97 Å². The summed E-state index contributed by atoms with van der Waals surface area (Å²) in [5.41, 5.74) is 9.79. The third-order valence-electron chi connectivity index (χ3n) is 2.19. The summed E-state index contributed by atoms with van der Waals surface area (Å²) in [5.74, 6) is -4.93. The maximum atomic E-state index is 11.7. The number of primary amides is 1. The van der Waals surface area contributed by atoms with Gasteiger partial charge in [0.25, 0.3) is 0 Å². The van der Waals surface area contributed by atoms with Crippen molar-refractivity contribution in [1.29, 1.82) is 0 Å². The normalized spacial score (nSPS) is 14.8. The number of carbonyl (C=O) groups is 4. The predicted octanol–water partition coefficient (Wildman–Crippen LogP) is -5.16. The Morgan fingerprint density at radius 3 is 2.05 bits per heavy atom. The third kappa shape index (κ3) is 5.17. The van der Waals surface area contributed by atoms with Gasteiger partial charge in [0.05, 0.1) is 13.2 Å². The second-order valence-electron chi connectivity index (χ2n) is 3.68. The standard InChI is InChI=1S/C9H16N4O7/c10-1-4(15)13-5(6(16)7(11)17)8(18)12-3(2-14)9(19)20/h3,5-6,14,16H,1-2,10H2,(H2,11,17)(H,12,18)(H,13,15)(H,19,20)/t3-,5-,6+/m0/s1. The molecule has 0 unspecified atom stereocenters. The van der Waals surface area contributed by atoms with Crippen molar-refractivity contribution in [1.82, 2.24) is 10.6 Å². The summed E-state index contributed by atoms with van der Waals surface area (Å²) in [6.07, 6.45) is -2.08. The van der Waals surface area contributed by atoms with E-state index in [0.29, 0.717) is 0 Å². The molecule has 9 N–H and O–H groups in total. The SMILES string of the molecule is NCC(=O)N[C@H](C(=O)N[C@@H](CO)C(=O)O)[C@@H](O)C(N)=O. The molecular weight excluding hydrogens is 276 g/mol. The van der Waals surface area contributed by atoms with E-state index in [1.54, 1.807) is 0 Å². The fourth-order valence-corrected chi connectivity index (χ4v) is 1.13. The molecule has 0 saturated heterocycles. The molecule has 0 aliphatic rings. The maximum Gasteiger partial charge on any atom is 0.328 e. The van der Waals surface area contributed by atoms with Crippen LogP contribution in [0.15, 0.2) is 0 Å². The quantitative estimate of drug-likeness (QED) is 0.229. The zero-order valence-electron chi connectivity index (χ0n) is 10.3. The first-order valence-corrected chi connectivity index (χ1v) is 5.35. The Morgan fingerprint density at radius 2 is 1.70 bits per heavy atom. The molecule has 11 nitrogen and oxygen atoms in total. The smallest absolute Gasteiger partial charge is 0.328 e. The zero-order chi connectivity index (χ0) is 15.9. The molecular formula is C9H16N4O7. The fourth-order valence-electron chi connectivity index (χ4n) is 1.13. The van der Waals surface area contributed by atoms with Crippen molar-refractivity contribution >= 4 is 23.7 Å². The lowest BCUT2D eigenvalue weighted by Crippen LogP contribution is -2.60. The topological polar surface area (TPSA) is 205 Å². The average molecular weight is 292 g/mol. The molecule has 20 heavy (non-hydrogen) atoms. The lowest BCUT2D eigenvalue weighted by Gasteiger charge is -2.22. The molecule has 0 aromatic heterocycles. The molecule has 0 aromatic rings. The van der Waals surface area contributed by atoms with Gasteiger partial charge in [-0.15, -0.1) is 0 Å². The van der Waals surface area contributed by atoms with Gasteiger partial charge in [-0.1, -0.05) is 0 Å². The lowest BCUT2D eigenvalue weighted by atomic mass is 10.1. The molecule has 114 valence electrons. The van der Waals surface area contributed by atoms with Crippen LogP contribution in [0.4, 0.5) is 0 Å². The molecule has 0 aromatic carbocycles. The van der Waals surface area contributed by atoms with Crippen molar-refractivity contribution in [3.05, 3.63) is 0 Å². The Morgan fingerprint density at radius 1 is 1.15 bits per heavy atom. The molecule has 0 fully saturated rings. The average Bonchev–Trinajstić information content (AvgIpc) is 2.39. The number of nitrogens with two attached hydrogens (primary N) is 2. The number of aliphatic carboxylic acids is 1. The number of aliphatic hydroxyl groups excluding tert-OH is 2. The van der Waals surface area contributed by atoms with Crippen molar-refractivity contribution in [2.24, 2.45) is 11.5 Å². The molecule has 3 amide bonds. The van der Waals surface area contributed by atoms with Gasteiger partial charge in [-0.05, 0) is 0 Å². The molecule has 0 rings (SSSR count). The highest BCUT2D eigenvalue weighted by atomic mass is 16.4. The Bertz CT molecular complexity index is 400. The number of carboxylic acid groups (broad SMARTS) is 1. The number of carbonyl (C=O) groups excluding carboxylic acids is 3. The highest BCUT2D eigenvalue weighted by Gasteiger charge is 2.34. The Hall–Kier alpha value is -2.24. The summed E-state index contributed by atoms with van der Waals surface area (Å²) in [6.45, 7) is -1.46. The largest absolute Gasteiger partial charge is 0.480 e. The molecule has 3 atom stereocenters. The van der Waals surface area contributed by atoms with Crippen molar-refractivity contribution in [2.45, 2.75) is 18.2 Å². The molecule has 0 aliphatic carbocycles. The summed E-state index contributed by atoms with van der Waals surface area (Å²) in [4.78, 5) is 44.3. The molecule has 0 heterocycles. The van der Waals surface area contributed by atoms with E-state index in [-0.39, 0.29) is 0 Å². The van der Waals surface area contributed by atoms with Crippen molar-refractivity contribution in [3.8, 4) is 0 Å². The molecule has 0 bridgehead atoms. The van der Waals surface area contributed by atoms with Gasteiger partial charge in [0.15, 0.2) is 6.10 Å². The van der Waals surface area contributed by atoms with E-state index in [1.807, 2.05) is 10.6 Å². The van der Waals surface area contributed by atoms with Crippen molar-refractivity contribution in [3.63, 3.8) is 0 Å². The lowest BCUT2D eigenvalue weighted by molar-refractivity contribution is -0.144. The highest BCUT2D eigenvalue weighted by molar-refractivity contribution is 5.95. The van der Waals surface area contributed by atoms with E-state index in [0.717, 1.165) is 0 Å². The second-order valence-corrected chi connectivity index (χ2v) is 3.68. The van der Waals surface area contributed by atoms with Crippen LogP contribution in [0.5, 0.6) is 0 Å². The van der Waals surface area contributed by atoms with Crippen molar-refractivity contribution < 1.29 is 34.5 Å². The third-order valence-corrected chi connectivity index (χ3v) is 2.19. The minimum atomic E-state index is -2.08. The first kappa shape index (κ1) is 17.8. The summed E-state index contributed by atoms with van der Waals surface area (Å²) in [7, 11) is 0. The maximum absolute atomic E-state index is 11.7. The molecule has 0 aliphatic heterocycles. The number of carboxylic acids is 1. The van der Waals surface area contributed by atoms with E-state index in [1.165, 1.54) is 0 Å². The number of rotatable bonds is 8. The Balaban J connectivity index is 5.01. The van der Waals surface area contributed by atoms with Crippen LogP contribution < -0.4 is 22.1 Å². The second kappa shape index (κ2) is 8.04. The number of aliphatic hydroxyl groups is 2. The first-order chi connectivity index (χ1) is 9.24. The van der Waals surface area contributed by atoms with E-state index < -0.39 is 55.0 Å². The minimum absolute atomic E-state index is 0.530. The van der Waals surface area contributed by atoms with Crippen LogP contribution in [0.2, 0.25) is 0 Å². The van der Waals surface area contributed by atoms with Crippen LogP contribution in [0.25, 0.3) is 0 Å². The van der Waals surface area contributed by atoms with Gasteiger partial charge < -0.3 is 37.4 Å². The van der Waals surface area contributed by atoms with Crippen LogP contribution in [0, 0.1) is 0 Å². The monoisotopic (exact) mass is 292 g/mol.